The van der Waals surface area contributed by atoms with Crippen LogP contribution < -0.4 is 11.1 Å². The van der Waals surface area contributed by atoms with E-state index in [-0.39, 0.29) is 0 Å². The lowest BCUT2D eigenvalue weighted by Gasteiger charge is -2.22. The fraction of sp³-hybridized carbons (Fsp3) is 0.280. The van der Waals surface area contributed by atoms with Gasteiger partial charge in [0.25, 0.3) is 0 Å². The molecule has 2 N–H and O–H groups in total. The molecule has 3 aromatic carbocycles. The molecule has 4 aromatic rings. The second kappa shape index (κ2) is 9.09. The first-order valence-electron chi connectivity index (χ1n) is 10.6. The van der Waals surface area contributed by atoms with Crippen molar-refractivity contribution in [2.75, 3.05) is 19.6 Å². The number of hydrogen-bond acceptors (Lipinski definition) is 3. The monoisotopic (exact) mass is 401 g/mol. The Morgan fingerprint density at radius 2 is 1.50 bits per heavy atom. The van der Waals surface area contributed by atoms with Gasteiger partial charge < -0.3 is 14.9 Å². The second-order valence-electron chi connectivity index (χ2n) is 7.77. The van der Waals surface area contributed by atoms with E-state index >= 15 is 0 Å². The number of benzene rings is 3. The summed E-state index contributed by atoms with van der Waals surface area (Å²) < 4.78 is 0. The Labute approximate surface area is 175 Å². The van der Waals surface area contributed by atoms with Crippen LogP contribution in [0.1, 0.15) is 24.5 Å². The third kappa shape index (κ3) is 4.52. The predicted octanol–water partition coefficient (Wildman–Crippen LogP) is 3.87. The molecule has 0 aliphatic rings. The Hall–Kier alpha value is -3.18. The van der Waals surface area contributed by atoms with Gasteiger partial charge in [-0.1, -0.05) is 55.5 Å². The minimum absolute atomic E-state index is 0.609. The van der Waals surface area contributed by atoms with Gasteiger partial charge in [-0.15, -0.1) is 0 Å². The van der Waals surface area contributed by atoms with Crippen molar-refractivity contribution in [1.82, 2.24) is 14.9 Å². The third-order valence-corrected chi connectivity index (χ3v) is 5.62. The lowest BCUT2D eigenvalue weighted by molar-refractivity contribution is 0.281. The zero-order chi connectivity index (χ0) is 20.9. The van der Waals surface area contributed by atoms with Crippen LogP contribution in [-0.2, 0) is 12.8 Å². The zero-order valence-corrected chi connectivity index (χ0v) is 17.3. The molecule has 0 bridgehead atoms. The summed E-state index contributed by atoms with van der Waals surface area (Å²) in [5, 5.41) is 2.63. The van der Waals surface area contributed by atoms with Crippen LogP contribution in [0.25, 0.3) is 21.8 Å². The molecule has 1 heterocycles. The normalized spacial score (nSPS) is 11.5. The van der Waals surface area contributed by atoms with Gasteiger partial charge in [-0.05, 0) is 59.8 Å². The summed E-state index contributed by atoms with van der Waals surface area (Å²) in [5.74, 6) is 0. The van der Waals surface area contributed by atoms with E-state index in [4.69, 9.17) is 0 Å². The minimum atomic E-state index is -0.613. The quantitative estimate of drug-likeness (QED) is 0.441. The van der Waals surface area contributed by atoms with Crippen molar-refractivity contribution >= 4 is 21.8 Å². The van der Waals surface area contributed by atoms with Crippen LogP contribution >= 0.6 is 0 Å². The SMILES string of the molecule is CCCN(CCc1ccc2[nH]c(=O)c(=O)[nH]c2c1)CCc1cccc2ccccc12. The number of H-pyrrole nitrogens is 2. The van der Waals surface area contributed by atoms with Gasteiger partial charge in [0.1, 0.15) is 0 Å². The maximum Gasteiger partial charge on any atom is 0.314 e. The number of rotatable bonds is 8. The number of aromatic amines is 2. The van der Waals surface area contributed by atoms with Gasteiger partial charge in [-0.25, -0.2) is 0 Å². The zero-order valence-electron chi connectivity index (χ0n) is 17.3. The van der Waals surface area contributed by atoms with Gasteiger partial charge >= 0.3 is 11.1 Å². The highest BCUT2D eigenvalue weighted by Crippen LogP contribution is 2.19. The highest BCUT2D eigenvalue weighted by atomic mass is 16.2. The molecule has 0 aliphatic carbocycles. The molecule has 0 saturated carbocycles. The van der Waals surface area contributed by atoms with E-state index in [0.29, 0.717) is 11.0 Å². The molecule has 5 heteroatoms. The Morgan fingerprint density at radius 1 is 0.767 bits per heavy atom. The molecule has 1 aromatic heterocycles. The lowest BCUT2D eigenvalue weighted by Crippen LogP contribution is -2.30. The van der Waals surface area contributed by atoms with Crippen LogP contribution in [0.15, 0.2) is 70.3 Å². The Kier molecular flexibility index (Phi) is 6.10. The number of hydrogen-bond donors (Lipinski definition) is 2. The van der Waals surface area contributed by atoms with Crippen LogP contribution in [0.2, 0.25) is 0 Å². The van der Waals surface area contributed by atoms with E-state index < -0.39 is 11.1 Å². The maximum atomic E-state index is 11.6. The molecule has 0 spiro atoms. The molecular weight excluding hydrogens is 374 g/mol. The van der Waals surface area contributed by atoms with E-state index in [1.54, 1.807) is 0 Å². The summed E-state index contributed by atoms with van der Waals surface area (Å²) in [6.45, 7) is 5.24. The molecular formula is C25H27N3O2. The average molecular weight is 402 g/mol. The van der Waals surface area contributed by atoms with Gasteiger partial charge in [0.05, 0.1) is 11.0 Å². The smallest absolute Gasteiger partial charge is 0.314 e. The molecule has 0 unspecified atom stereocenters. The molecule has 4 rings (SSSR count). The van der Waals surface area contributed by atoms with Gasteiger partial charge in [0.15, 0.2) is 0 Å². The van der Waals surface area contributed by atoms with Crippen molar-refractivity contribution in [3.05, 3.63) is 92.5 Å². The van der Waals surface area contributed by atoms with Crippen LogP contribution in [0.3, 0.4) is 0 Å². The predicted molar refractivity (Wildman–Crippen MR) is 123 cm³/mol. The van der Waals surface area contributed by atoms with Gasteiger partial charge in [-0.3, -0.25) is 9.59 Å². The summed E-state index contributed by atoms with van der Waals surface area (Å²) in [4.78, 5) is 30.8. The largest absolute Gasteiger partial charge is 0.316 e. The molecule has 0 atom stereocenters. The molecule has 0 fully saturated rings. The first-order chi connectivity index (χ1) is 14.6. The van der Waals surface area contributed by atoms with Crippen molar-refractivity contribution < 1.29 is 0 Å². The van der Waals surface area contributed by atoms with E-state index in [2.05, 4.69) is 64.3 Å². The third-order valence-electron chi connectivity index (χ3n) is 5.62. The van der Waals surface area contributed by atoms with Crippen molar-refractivity contribution in [3.63, 3.8) is 0 Å². The van der Waals surface area contributed by atoms with Crippen molar-refractivity contribution in [1.29, 1.82) is 0 Å². The Balaban J connectivity index is 1.44. The number of fused-ring (bicyclic) bond motifs is 2. The number of nitrogens with one attached hydrogen (secondary N) is 2. The molecule has 0 radical (unpaired) electrons. The van der Waals surface area contributed by atoms with Crippen LogP contribution in [0.5, 0.6) is 0 Å². The lowest BCUT2D eigenvalue weighted by atomic mass is 10.0. The molecule has 5 nitrogen and oxygen atoms in total. The highest BCUT2D eigenvalue weighted by Gasteiger charge is 2.08. The van der Waals surface area contributed by atoms with Crippen LogP contribution in [-0.4, -0.2) is 34.5 Å². The van der Waals surface area contributed by atoms with E-state index in [1.165, 1.54) is 16.3 Å². The first-order valence-corrected chi connectivity index (χ1v) is 10.6. The Bertz CT molecular complexity index is 1270. The van der Waals surface area contributed by atoms with Crippen LogP contribution in [0, 0.1) is 0 Å². The standard InChI is InChI=1S/C25H27N3O2/c1-2-14-28(16-13-20-8-5-7-19-6-3-4-9-21(19)20)15-12-18-10-11-22-23(17-18)27-25(30)24(29)26-22/h3-11,17H,2,12-16H2,1H3,(H,26,29)(H,27,30). The van der Waals surface area contributed by atoms with Gasteiger partial charge in [0.2, 0.25) is 0 Å². The first kappa shape index (κ1) is 20.1. The van der Waals surface area contributed by atoms with Crippen molar-refractivity contribution in [2.24, 2.45) is 0 Å². The summed E-state index contributed by atoms with van der Waals surface area (Å²) in [6.07, 6.45) is 3.03. The Morgan fingerprint density at radius 3 is 2.33 bits per heavy atom. The fourth-order valence-corrected chi connectivity index (χ4v) is 4.05. The van der Waals surface area contributed by atoms with Crippen molar-refractivity contribution in [2.45, 2.75) is 26.2 Å². The van der Waals surface area contributed by atoms with Crippen molar-refractivity contribution in [3.8, 4) is 0 Å². The summed E-state index contributed by atoms with van der Waals surface area (Å²) >= 11 is 0. The highest BCUT2D eigenvalue weighted by molar-refractivity contribution is 5.85. The molecule has 0 saturated heterocycles. The topological polar surface area (TPSA) is 69.0 Å². The minimum Gasteiger partial charge on any atom is -0.316 e. The molecule has 30 heavy (non-hydrogen) atoms. The van der Waals surface area contributed by atoms with E-state index in [1.807, 2.05) is 18.2 Å². The van der Waals surface area contributed by atoms with E-state index in [9.17, 15) is 9.59 Å². The number of nitrogens with zero attached hydrogens (tertiary/aromatic N) is 1. The summed E-state index contributed by atoms with van der Waals surface area (Å²) in [6, 6.07) is 20.9. The van der Waals surface area contributed by atoms with Crippen LogP contribution in [0.4, 0.5) is 0 Å². The summed E-state index contributed by atoms with van der Waals surface area (Å²) in [7, 11) is 0. The van der Waals surface area contributed by atoms with Gasteiger partial charge in [0, 0.05) is 13.1 Å². The van der Waals surface area contributed by atoms with E-state index in [0.717, 1.165) is 44.5 Å². The fourth-order valence-electron chi connectivity index (χ4n) is 4.05. The maximum absolute atomic E-state index is 11.6. The number of aromatic nitrogens is 2. The summed E-state index contributed by atoms with van der Waals surface area (Å²) in [5.41, 5.74) is 2.65. The molecule has 0 aliphatic heterocycles. The molecule has 154 valence electrons. The van der Waals surface area contributed by atoms with Gasteiger partial charge in [-0.2, -0.15) is 0 Å². The second-order valence-corrected chi connectivity index (χ2v) is 7.77. The average Bonchev–Trinajstić information content (AvgIpc) is 2.76. The molecule has 0 amide bonds.